The zero-order valence-electron chi connectivity index (χ0n) is 13.9. The first-order valence-corrected chi connectivity index (χ1v) is 8.39. The second kappa shape index (κ2) is 4.23. The first-order chi connectivity index (χ1) is 9.03. The highest BCUT2D eigenvalue weighted by atomic mass is 16.3. The van der Waals surface area contributed by atoms with E-state index >= 15 is 0 Å². The van der Waals surface area contributed by atoms with Crippen molar-refractivity contribution in [2.24, 2.45) is 46.3 Å². The summed E-state index contributed by atoms with van der Waals surface area (Å²) in [7, 11) is 0. The van der Waals surface area contributed by atoms with Crippen LogP contribution in [0.2, 0.25) is 0 Å². The van der Waals surface area contributed by atoms with E-state index in [-0.39, 0.29) is 23.0 Å². The SMILES string of the molecule is CC(C)(C)C1CC2C3CC(C2C1O)C(C(C)(C)C)C3O. The van der Waals surface area contributed by atoms with Crippen LogP contribution in [0.4, 0.5) is 0 Å². The standard InChI is InChI=1S/C18H32O2/c1-17(2,3)12-8-9-10-7-11(13(9)16(12)20)14(15(10)19)18(4,5)6/h9-16,19-20H,7-8H2,1-6H3. The summed E-state index contributed by atoms with van der Waals surface area (Å²) in [5.41, 5.74) is 0.314. The van der Waals surface area contributed by atoms with Crippen molar-refractivity contribution in [3.63, 3.8) is 0 Å². The number of rotatable bonds is 0. The van der Waals surface area contributed by atoms with Crippen LogP contribution in [0.25, 0.3) is 0 Å². The third-order valence-electron chi connectivity index (χ3n) is 6.80. The summed E-state index contributed by atoms with van der Waals surface area (Å²) in [6.45, 7) is 13.5. The fraction of sp³-hybridized carbons (Fsp3) is 1.00. The molecule has 2 N–H and O–H groups in total. The summed E-state index contributed by atoms with van der Waals surface area (Å²) in [5.74, 6) is 2.74. The summed E-state index contributed by atoms with van der Waals surface area (Å²) in [4.78, 5) is 0. The predicted molar refractivity (Wildman–Crippen MR) is 81.1 cm³/mol. The quantitative estimate of drug-likeness (QED) is 0.714. The minimum Gasteiger partial charge on any atom is -0.393 e. The van der Waals surface area contributed by atoms with Gasteiger partial charge in [0.25, 0.3) is 0 Å². The Labute approximate surface area is 124 Å². The highest BCUT2D eigenvalue weighted by molar-refractivity contribution is 5.14. The van der Waals surface area contributed by atoms with E-state index in [0.29, 0.717) is 35.5 Å². The Morgan fingerprint density at radius 1 is 0.700 bits per heavy atom. The van der Waals surface area contributed by atoms with E-state index in [1.165, 1.54) is 0 Å². The molecular formula is C18H32O2. The van der Waals surface area contributed by atoms with Crippen LogP contribution in [0.5, 0.6) is 0 Å². The average molecular weight is 280 g/mol. The molecule has 3 aliphatic carbocycles. The van der Waals surface area contributed by atoms with E-state index in [4.69, 9.17) is 0 Å². The van der Waals surface area contributed by atoms with E-state index in [1.807, 2.05) is 0 Å². The van der Waals surface area contributed by atoms with Gasteiger partial charge in [-0.25, -0.2) is 0 Å². The highest BCUT2D eigenvalue weighted by Crippen LogP contribution is 2.66. The van der Waals surface area contributed by atoms with Gasteiger partial charge in [-0.3, -0.25) is 0 Å². The molecule has 0 aliphatic heterocycles. The molecule has 3 fully saturated rings. The van der Waals surface area contributed by atoms with Crippen LogP contribution in [0.15, 0.2) is 0 Å². The van der Waals surface area contributed by atoms with Crippen LogP contribution in [-0.2, 0) is 0 Å². The average Bonchev–Trinajstić information content (AvgIpc) is 2.84. The summed E-state index contributed by atoms with van der Waals surface area (Å²) in [6, 6.07) is 0. The van der Waals surface area contributed by atoms with Gasteiger partial charge in [-0.1, -0.05) is 41.5 Å². The van der Waals surface area contributed by atoms with E-state index in [9.17, 15) is 10.2 Å². The largest absolute Gasteiger partial charge is 0.393 e. The summed E-state index contributed by atoms with van der Waals surface area (Å²) in [6.07, 6.45) is 1.95. The monoisotopic (exact) mass is 280 g/mol. The van der Waals surface area contributed by atoms with E-state index in [0.717, 1.165) is 12.8 Å². The van der Waals surface area contributed by atoms with E-state index < -0.39 is 0 Å². The van der Waals surface area contributed by atoms with Gasteiger partial charge in [0.05, 0.1) is 12.2 Å². The van der Waals surface area contributed by atoms with Crippen LogP contribution in [0.1, 0.15) is 54.4 Å². The fourth-order valence-electron chi connectivity index (χ4n) is 6.11. The fourth-order valence-corrected chi connectivity index (χ4v) is 6.11. The van der Waals surface area contributed by atoms with Gasteiger partial charge in [0, 0.05) is 0 Å². The zero-order valence-corrected chi connectivity index (χ0v) is 13.9. The lowest BCUT2D eigenvalue weighted by molar-refractivity contribution is -0.0601. The predicted octanol–water partition coefficient (Wildman–Crippen LogP) is 3.32. The van der Waals surface area contributed by atoms with Gasteiger partial charge in [0.2, 0.25) is 0 Å². The molecule has 0 aromatic rings. The molecule has 0 spiro atoms. The van der Waals surface area contributed by atoms with Crippen LogP contribution >= 0.6 is 0 Å². The van der Waals surface area contributed by atoms with Gasteiger partial charge >= 0.3 is 0 Å². The molecule has 8 unspecified atom stereocenters. The minimum atomic E-state index is -0.160. The van der Waals surface area contributed by atoms with Gasteiger partial charge in [0.1, 0.15) is 0 Å². The van der Waals surface area contributed by atoms with Crippen molar-refractivity contribution in [2.75, 3.05) is 0 Å². The third kappa shape index (κ3) is 1.90. The van der Waals surface area contributed by atoms with Crippen molar-refractivity contribution < 1.29 is 10.2 Å². The molecule has 3 aliphatic rings. The van der Waals surface area contributed by atoms with Crippen LogP contribution in [0.3, 0.4) is 0 Å². The van der Waals surface area contributed by atoms with E-state index in [2.05, 4.69) is 41.5 Å². The Hall–Kier alpha value is -0.0800. The van der Waals surface area contributed by atoms with Crippen LogP contribution in [0, 0.1) is 46.3 Å². The van der Waals surface area contributed by atoms with E-state index in [1.54, 1.807) is 0 Å². The molecule has 2 bridgehead atoms. The lowest BCUT2D eigenvalue weighted by atomic mass is 9.64. The Morgan fingerprint density at radius 2 is 1.30 bits per heavy atom. The lowest BCUT2D eigenvalue weighted by Crippen LogP contribution is -2.45. The summed E-state index contributed by atoms with van der Waals surface area (Å²) in [5, 5.41) is 21.7. The molecule has 0 aromatic heterocycles. The number of hydrogen-bond donors (Lipinski definition) is 2. The molecular weight excluding hydrogens is 248 g/mol. The normalized spacial score (nSPS) is 51.6. The van der Waals surface area contributed by atoms with Crippen molar-refractivity contribution >= 4 is 0 Å². The molecule has 0 heterocycles. The van der Waals surface area contributed by atoms with Crippen molar-refractivity contribution in [3.8, 4) is 0 Å². The smallest absolute Gasteiger partial charge is 0.0607 e. The van der Waals surface area contributed by atoms with Crippen LogP contribution in [-0.4, -0.2) is 22.4 Å². The van der Waals surface area contributed by atoms with Crippen LogP contribution < -0.4 is 0 Å². The Kier molecular flexibility index (Phi) is 3.14. The van der Waals surface area contributed by atoms with Gasteiger partial charge in [-0.05, 0) is 59.2 Å². The minimum absolute atomic E-state index is 0.142. The molecule has 20 heavy (non-hydrogen) atoms. The van der Waals surface area contributed by atoms with Gasteiger partial charge < -0.3 is 10.2 Å². The first-order valence-electron chi connectivity index (χ1n) is 8.39. The topological polar surface area (TPSA) is 40.5 Å². The zero-order chi connectivity index (χ0) is 15.0. The van der Waals surface area contributed by atoms with Crippen molar-refractivity contribution in [1.29, 1.82) is 0 Å². The number of aliphatic hydroxyl groups excluding tert-OH is 2. The molecule has 8 atom stereocenters. The van der Waals surface area contributed by atoms with Gasteiger partial charge in [-0.2, -0.15) is 0 Å². The summed E-state index contributed by atoms with van der Waals surface area (Å²) >= 11 is 0. The molecule has 0 saturated heterocycles. The molecule has 3 saturated carbocycles. The molecule has 0 radical (unpaired) electrons. The molecule has 2 heteroatoms. The van der Waals surface area contributed by atoms with Gasteiger partial charge in [-0.15, -0.1) is 0 Å². The third-order valence-corrected chi connectivity index (χ3v) is 6.80. The second-order valence-corrected chi connectivity index (χ2v) is 9.89. The maximum atomic E-state index is 10.9. The van der Waals surface area contributed by atoms with Crippen molar-refractivity contribution in [3.05, 3.63) is 0 Å². The highest BCUT2D eigenvalue weighted by Gasteiger charge is 2.65. The number of aliphatic hydroxyl groups is 2. The maximum Gasteiger partial charge on any atom is 0.0607 e. The number of fused-ring (bicyclic) bond motifs is 5. The first kappa shape index (κ1) is 14.8. The summed E-state index contributed by atoms with van der Waals surface area (Å²) < 4.78 is 0. The van der Waals surface area contributed by atoms with Crippen molar-refractivity contribution in [2.45, 2.75) is 66.6 Å². The Morgan fingerprint density at radius 3 is 1.80 bits per heavy atom. The second-order valence-electron chi connectivity index (χ2n) is 9.89. The molecule has 3 rings (SSSR count). The lowest BCUT2D eigenvalue weighted by Gasteiger charge is -2.43. The van der Waals surface area contributed by atoms with Gasteiger partial charge in [0.15, 0.2) is 0 Å². The Bertz CT molecular complexity index is 389. The number of hydrogen-bond acceptors (Lipinski definition) is 2. The molecule has 2 nitrogen and oxygen atoms in total. The Balaban J connectivity index is 1.89. The van der Waals surface area contributed by atoms with Crippen molar-refractivity contribution in [1.82, 2.24) is 0 Å². The molecule has 116 valence electrons. The maximum absolute atomic E-state index is 10.9. The molecule has 0 aromatic carbocycles. The molecule has 0 amide bonds.